The van der Waals surface area contributed by atoms with Crippen molar-refractivity contribution >= 4 is 11.3 Å². The van der Waals surface area contributed by atoms with Gasteiger partial charge in [0, 0.05) is 23.5 Å². The molecule has 0 saturated carbocycles. The highest BCUT2D eigenvalue weighted by Gasteiger charge is 2.27. The number of aryl methyl sites for hydroxylation is 3. The molecule has 0 aliphatic carbocycles. The van der Waals surface area contributed by atoms with Crippen LogP contribution in [0.3, 0.4) is 0 Å². The quantitative estimate of drug-likeness (QED) is 0.282. The van der Waals surface area contributed by atoms with E-state index in [1.807, 2.05) is 0 Å². The Morgan fingerprint density at radius 2 is 1.00 bits per heavy atom. The van der Waals surface area contributed by atoms with Crippen LogP contribution in [0.1, 0.15) is 38.9 Å². The van der Waals surface area contributed by atoms with Crippen molar-refractivity contribution in [3.63, 3.8) is 0 Å². The number of hydrogen-bond acceptors (Lipinski definition) is 1. The summed E-state index contributed by atoms with van der Waals surface area (Å²) in [5.74, 6) is 0. The van der Waals surface area contributed by atoms with Gasteiger partial charge in [-0.3, -0.25) is 0 Å². The van der Waals surface area contributed by atoms with E-state index in [9.17, 15) is 0 Å². The summed E-state index contributed by atoms with van der Waals surface area (Å²) in [6.45, 7) is 11.9. The van der Waals surface area contributed by atoms with Crippen LogP contribution >= 0.6 is 0 Å². The zero-order valence-electron chi connectivity index (χ0n) is 21.0. The SMILES string of the molecule is C=C1C(Cc2ccc(C)cc2)=C(Cc2ccc(C)cc2)c2ccccc2N1Cc1ccc(C)cc1. The molecule has 0 bridgehead atoms. The normalized spacial score (nSPS) is 13.2. The van der Waals surface area contributed by atoms with Gasteiger partial charge in [0.2, 0.25) is 0 Å². The molecule has 1 heteroatoms. The van der Waals surface area contributed by atoms with Gasteiger partial charge < -0.3 is 4.90 Å². The highest BCUT2D eigenvalue weighted by atomic mass is 15.1. The minimum atomic E-state index is 0.811. The Morgan fingerprint density at radius 1 is 0.543 bits per heavy atom. The molecule has 5 rings (SSSR count). The van der Waals surface area contributed by atoms with Crippen LogP contribution in [0.5, 0.6) is 0 Å². The highest BCUT2D eigenvalue weighted by molar-refractivity contribution is 5.88. The minimum absolute atomic E-state index is 0.811. The third-order valence-electron chi connectivity index (χ3n) is 7.02. The summed E-state index contributed by atoms with van der Waals surface area (Å²) in [6.07, 6.45) is 1.77. The number of nitrogens with zero attached hydrogens (tertiary/aromatic N) is 1. The van der Waals surface area contributed by atoms with Gasteiger partial charge in [-0.2, -0.15) is 0 Å². The van der Waals surface area contributed by atoms with Crippen LogP contribution in [0.15, 0.2) is 115 Å². The first-order valence-corrected chi connectivity index (χ1v) is 12.4. The van der Waals surface area contributed by atoms with Crippen molar-refractivity contribution in [1.29, 1.82) is 0 Å². The number of benzene rings is 4. The lowest BCUT2D eigenvalue weighted by Gasteiger charge is -2.37. The second-order valence-corrected chi connectivity index (χ2v) is 9.82. The largest absolute Gasteiger partial charge is 0.337 e. The lowest BCUT2D eigenvalue weighted by Crippen LogP contribution is -2.28. The van der Waals surface area contributed by atoms with Gasteiger partial charge in [0.05, 0.1) is 0 Å². The predicted molar refractivity (Wildman–Crippen MR) is 150 cm³/mol. The maximum Gasteiger partial charge on any atom is 0.0490 e. The molecule has 0 unspecified atom stereocenters. The summed E-state index contributed by atoms with van der Waals surface area (Å²) in [5, 5.41) is 0. The first-order chi connectivity index (χ1) is 17.0. The Labute approximate surface area is 210 Å². The van der Waals surface area contributed by atoms with Crippen LogP contribution in [0.2, 0.25) is 0 Å². The summed E-state index contributed by atoms with van der Waals surface area (Å²) in [5.41, 5.74) is 14.2. The molecule has 174 valence electrons. The smallest absolute Gasteiger partial charge is 0.0490 e. The third kappa shape index (κ3) is 5.00. The van der Waals surface area contributed by atoms with Crippen LogP contribution in [-0.2, 0) is 19.4 Å². The monoisotopic (exact) mass is 455 g/mol. The van der Waals surface area contributed by atoms with Gasteiger partial charge in [0.1, 0.15) is 0 Å². The summed E-state index contributed by atoms with van der Waals surface area (Å²) in [4.78, 5) is 2.40. The Morgan fingerprint density at radius 3 is 1.54 bits per heavy atom. The molecule has 0 fully saturated rings. The zero-order chi connectivity index (χ0) is 24.4. The van der Waals surface area contributed by atoms with E-state index in [2.05, 4.69) is 129 Å². The van der Waals surface area contributed by atoms with Gasteiger partial charge in [-0.25, -0.2) is 0 Å². The topological polar surface area (TPSA) is 3.24 Å². The van der Waals surface area contributed by atoms with E-state index in [4.69, 9.17) is 0 Å². The van der Waals surface area contributed by atoms with Crippen LogP contribution in [0.4, 0.5) is 5.69 Å². The maximum atomic E-state index is 4.68. The van der Waals surface area contributed by atoms with Crippen molar-refractivity contribution in [2.75, 3.05) is 4.90 Å². The molecule has 35 heavy (non-hydrogen) atoms. The lowest BCUT2D eigenvalue weighted by atomic mass is 9.84. The van der Waals surface area contributed by atoms with E-state index in [0.717, 1.165) is 25.1 Å². The van der Waals surface area contributed by atoms with Crippen LogP contribution < -0.4 is 4.90 Å². The second kappa shape index (κ2) is 9.80. The van der Waals surface area contributed by atoms with Crippen molar-refractivity contribution in [3.8, 4) is 0 Å². The van der Waals surface area contributed by atoms with Crippen LogP contribution in [-0.4, -0.2) is 0 Å². The van der Waals surface area contributed by atoms with Crippen molar-refractivity contribution in [2.45, 2.75) is 40.2 Å². The Hall–Kier alpha value is -3.84. The molecule has 0 aromatic heterocycles. The molecule has 0 atom stereocenters. The molecule has 0 N–H and O–H groups in total. The molecule has 1 aliphatic rings. The van der Waals surface area contributed by atoms with Gasteiger partial charge in [-0.1, -0.05) is 114 Å². The van der Waals surface area contributed by atoms with Gasteiger partial charge in [0.15, 0.2) is 0 Å². The first-order valence-electron chi connectivity index (χ1n) is 12.4. The standard InChI is InChI=1S/C34H33N/c1-24-9-15-28(16-10-24)21-32-27(4)35(23-30-19-13-26(3)14-20-30)34-8-6-5-7-31(34)33(32)22-29-17-11-25(2)12-18-29/h5-20H,4,21-23H2,1-3H3. The Balaban J connectivity index is 1.61. The summed E-state index contributed by atoms with van der Waals surface area (Å²) in [7, 11) is 0. The first kappa shape index (κ1) is 22.9. The summed E-state index contributed by atoms with van der Waals surface area (Å²) >= 11 is 0. The number of hydrogen-bond donors (Lipinski definition) is 0. The minimum Gasteiger partial charge on any atom is -0.337 e. The van der Waals surface area contributed by atoms with Crippen molar-refractivity contribution in [3.05, 3.63) is 154 Å². The van der Waals surface area contributed by atoms with Gasteiger partial charge in [-0.15, -0.1) is 0 Å². The van der Waals surface area contributed by atoms with Crippen LogP contribution in [0.25, 0.3) is 5.57 Å². The average Bonchev–Trinajstić information content (AvgIpc) is 2.87. The van der Waals surface area contributed by atoms with Gasteiger partial charge in [0.25, 0.3) is 0 Å². The van der Waals surface area contributed by atoms with E-state index in [1.54, 1.807) is 0 Å². The van der Waals surface area contributed by atoms with E-state index in [0.29, 0.717) is 0 Å². The Bertz CT molecular complexity index is 1370. The fourth-order valence-corrected chi connectivity index (χ4v) is 4.90. The van der Waals surface area contributed by atoms with E-state index >= 15 is 0 Å². The predicted octanol–water partition coefficient (Wildman–Crippen LogP) is 8.38. The second-order valence-electron chi connectivity index (χ2n) is 9.82. The molecular weight excluding hydrogens is 422 g/mol. The molecule has 0 saturated heterocycles. The van der Waals surface area contributed by atoms with Gasteiger partial charge in [-0.05, 0) is 67.5 Å². The Kier molecular flexibility index (Phi) is 6.42. The molecule has 1 nitrogen and oxygen atoms in total. The number of allylic oxidation sites excluding steroid dienone is 2. The fourth-order valence-electron chi connectivity index (χ4n) is 4.90. The van der Waals surface area contributed by atoms with Crippen molar-refractivity contribution < 1.29 is 0 Å². The van der Waals surface area contributed by atoms with E-state index < -0.39 is 0 Å². The zero-order valence-corrected chi connectivity index (χ0v) is 21.0. The number of para-hydroxylation sites is 1. The van der Waals surface area contributed by atoms with E-state index in [-0.39, 0.29) is 0 Å². The number of fused-ring (bicyclic) bond motifs is 1. The maximum absolute atomic E-state index is 4.68. The van der Waals surface area contributed by atoms with E-state index in [1.165, 1.54) is 55.8 Å². The van der Waals surface area contributed by atoms with Crippen LogP contribution in [0, 0.1) is 20.8 Å². The molecule has 1 aliphatic heterocycles. The molecule has 0 spiro atoms. The summed E-state index contributed by atoms with van der Waals surface area (Å²) in [6, 6.07) is 35.5. The fraction of sp³-hybridized carbons (Fsp3) is 0.176. The lowest BCUT2D eigenvalue weighted by molar-refractivity contribution is 0.892. The molecular formula is C34H33N. The highest BCUT2D eigenvalue weighted by Crippen LogP contribution is 2.43. The summed E-state index contributed by atoms with van der Waals surface area (Å²) < 4.78 is 0. The molecule has 1 heterocycles. The molecule has 4 aromatic rings. The van der Waals surface area contributed by atoms with Gasteiger partial charge >= 0.3 is 0 Å². The molecule has 0 radical (unpaired) electrons. The average molecular weight is 456 g/mol. The third-order valence-corrected chi connectivity index (χ3v) is 7.02. The molecule has 4 aromatic carbocycles. The number of rotatable bonds is 6. The van der Waals surface area contributed by atoms with Crippen molar-refractivity contribution in [1.82, 2.24) is 0 Å². The van der Waals surface area contributed by atoms with Crippen molar-refractivity contribution in [2.24, 2.45) is 0 Å². The number of anilines is 1. The molecule has 0 amide bonds.